The maximum Gasteiger partial charge on any atom is 0.0871 e. The van der Waals surface area contributed by atoms with Crippen molar-refractivity contribution in [2.45, 2.75) is 26.6 Å². The molecule has 0 fully saturated rings. The van der Waals surface area contributed by atoms with Crippen LogP contribution in [0.5, 0.6) is 0 Å². The highest BCUT2D eigenvalue weighted by Crippen LogP contribution is 2.26. The lowest BCUT2D eigenvalue weighted by molar-refractivity contribution is 0.0624. The van der Waals surface area contributed by atoms with Gasteiger partial charge in [0, 0.05) is 28.1 Å². The van der Waals surface area contributed by atoms with Gasteiger partial charge in [-0.3, -0.25) is 0 Å². The normalized spacial score (nSPS) is 11.6. The molecule has 0 atom stereocenters. The number of nitrogens with zero attached hydrogens (tertiary/aromatic N) is 1. The third kappa shape index (κ3) is 2.15. The van der Waals surface area contributed by atoms with Gasteiger partial charge in [0.15, 0.2) is 0 Å². The maximum atomic E-state index is 5.64. The monoisotopic (exact) mass is 281 g/mol. The van der Waals surface area contributed by atoms with Crippen molar-refractivity contribution in [3.05, 3.63) is 34.4 Å². The first-order chi connectivity index (χ1) is 7.59. The average molecular weight is 282 g/mol. The molecule has 0 bridgehead atoms. The van der Waals surface area contributed by atoms with E-state index in [-0.39, 0.29) is 6.10 Å². The van der Waals surface area contributed by atoms with Gasteiger partial charge in [-0.25, -0.2) is 0 Å². The van der Waals surface area contributed by atoms with Crippen molar-refractivity contribution in [1.29, 1.82) is 0 Å². The summed E-state index contributed by atoms with van der Waals surface area (Å²) >= 11 is 3.57. The Balaban J connectivity index is 2.40. The van der Waals surface area contributed by atoms with Gasteiger partial charge in [-0.1, -0.05) is 22.0 Å². The summed E-state index contributed by atoms with van der Waals surface area (Å²) in [6.07, 6.45) is 0.265. The van der Waals surface area contributed by atoms with Crippen LogP contribution in [0.25, 0.3) is 10.9 Å². The lowest BCUT2D eigenvalue weighted by atomic mass is 10.2. The van der Waals surface area contributed by atoms with Crippen LogP contribution in [0, 0.1) is 0 Å². The Morgan fingerprint density at radius 2 is 2.12 bits per heavy atom. The lowest BCUT2D eigenvalue weighted by Crippen LogP contribution is -2.05. The second-order valence-corrected chi connectivity index (χ2v) is 5.08. The topological polar surface area (TPSA) is 14.2 Å². The fraction of sp³-hybridized carbons (Fsp3) is 0.385. The summed E-state index contributed by atoms with van der Waals surface area (Å²) in [5.74, 6) is 0. The zero-order valence-electron chi connectivity index (χ0n) is 9.83. The predicted molar refractivity (Wildman–Crippen MR) is 70.5 cm³/mol. The summed E-state index contributed by atoms with van der Waals surface area (Å²) in [7, 11) is 2.08. The van der Waals surface area contributed by atoms with Gasteiger partial charge in [-0.05, 0) is 32.0 Å². The Morgan fingerprint density at radius 3 is 2.75 bits per heavy atom. The van der Waals surface area contributed by atoms with Crippen molar-refractivity contribution in [3.8, 4) is 0 Å². The molecule has 0 amide bonds. The second-order valence-electron chi connectivity index (χ2n) is 4.23. The third-order valence-corrected chi connectivity index (χ3v) is 3.39. The molecule has 1 aromatic carbocycles. The van der Waals surface area contributed by atoms with E-state index in [1.807, 2.05) is 0 Å². The van der Waals surface area contributed by atoms with E-state index in [1.165, 1.54) is 16.6 Å². The molecule has 0 saturated carbocycles. The minimum Gasteiger partial charge on any atom is -0.373 e. The number of ether oxygens (including phenoxy) is 1. The molecule has 2 aromatic rings. The van der Waals surface area contributed by atoms with Crippen molar-refractivity contribution in [3.63, 3.8) is 0 Å². The lowest BCUT2D eigenvalue weighted by Gasteiger charge is -2.08. The predicted octanol–water partition coefficient (Wildman–Crippen LogP) is 3.87. The van der Waals surface area contributed by atoms with Crippen LogP contribution in [0.15, 0.2) is 28.7 Å². The van der Waals surface area contributed by atoms with Gasteiger partial charge in [-0.15, -0.1) is 0 Å². The summed E-state index contributed by atoms with van der Waals surface area (Å²) in [6, 6.07) is 8.43. The van der Waals surface area contributed by atoms with E-state index in [9.17, 15) is 0 Å². The summed E-state index contributed by atoms with van der Waals surface area (Å²) in [4.78, 5) is 0. The third-order valence-electron chi connectivity index (χ3n) is 2.70. The van der Waals surface area contributed by atoms with Gasteiger partial charge in [0.2, 0.25) is 0 Å². The average Bonchev–Trinajstić information content (AvgIpc) is 2.55. The molecule has 1 heterocycles. The van der Waals surface area contributed by atoms with Crippen molar-refractivity contribution >= 4 is 26.8 Å². The molecule has 0 aliphatic rings. The van der Waals surface area contributed by atoms with Crippen LogP contribution in [-0.4, -0.2) is 10.7 Å². The largest absolute Gasteiger partial charge is 0.373 e. The van der Waals surface area contributed by atoms with Crippen LogP contribution in [0.4, 0.5) is 0 Å². The summed E-state index contributed by atoms with van der Waals surface area (Å²) in [6.45, 7) is 4.77. The summed E-state index contributed by atoms with van der Waals surface area (Å²) in [5, 5.41) is 1.24. The van der Waals surface area contributed by atoms with E-state index < -0.39 is 0 Å². The van der Waals surface area contributed by atoms with Gasteiger partial charge in [-0.2, -0.15) is 0 Å². The molecular formula is C13H16BrNO. The first-order valence-electron chi connectivity index (χ1n) is 5.44. The fourth-order valence-electron chi connectivity index (χ4n) is 1.77. The van der Waals surface area contributed by atoms with Crippen LogP contribution in [0.1, 0.15) is 19.5 Å². The number of rotatable bonds is 3. The highest BCUT2D eigenvalue weighted by Gasteiger charge is 2.08. The number of hydrogen-bond acceptors (Lipinski definition) is 1. The Hall–Kier alpha value is -0.800. The molecule has 86 valence electrons. The van der Waals surface area contributed by atoms with E-state index in [1.54, 1.807) is 0 Å². The van der Waals surface area contributed by atoms with Crippen molar-refractivity contribution in [2.75, 3.05) is 0 Å². The van der Waals surface area contributed by atoms with Gasteiger partial charge >= 0.3 is 0 Å². The van der Waals surface area contributed by atoms with Gasteiger partial charge in [0.25, 0.3) is 0 Å². The Morgan fingerprint density at radius 1 is 1.38 bits per heavy atom. The zero-order chi connectivity index (χ0) is 11.7. The molecule has 1 aromatic heterocycles. The number of aromatic nitrogens is 1. The Bertz CT molecular complexity index is 502. The molecule has 2 nitrogen and oxygen atoms in total. The van der Waals surface area contributed by atoms with Crippen molar-refractivity contribution in [1.82, 2.24) is 4.57 Å². The highest BCUT2D eigenvalue weighted by atomic mass is 79.9. The van der Waals surface area contributed by atoms with Crippen LogP contribution in [0.2, 0.25) is 0 Å². The molecule has 0 N–H and O–H groups in total. The Kier molecular flexibility index (Phi) is 3.36. The van der Waals surface area contributed by atoms with Crippen LogP contribution < -0.4 is 0 Å². The van der Waals surface area contributed by atoms with Crippen LogP contribution >= 0.6 is 15.9 Å². The standard InChI is InChI=1S/C13H16BrNO/c1-9(2)16-8-10-7-11-12(14)5-4-6-13(11)15(10)3/h4-7,9H,8H2,1-3H3. The second kappa shape index (κ2) is 4.60. The number of halogens is 1. The molecule has 0 radical (unpaired) electrons. The molecule has 0 unspecified atom stereocenters. The van der Waals surface area contributed by atoms with E-state index in [0.29, 0.717) is 6.61 Å². The van der Waals surface area contributed by atoms with E-state index in [0.717, 1.165) is 4.47 Å². The quantitative estimate of drug-likeness (QED) is 0.833. The molecular weight excluding hydrogens is 266 g/mol. The number of benzene rings is 1. The van der Waals surface area contributed by atoms with Crippen LogP contribution in [0.3, 0.4) is 0 Å². The maximum absolute atomic E-state index is 5.64. The van der Waals surface area contributed by atoms with E-state index in [4.69, 9.17) is 4.74 Å². The molecule has 16 heavy (non-hydrogen) atoms. The molecule has 0 aliphatic heterocycles. The highest BCUT2D eigenvalue weighted by molar-refractivity contribution is 9.10. The molecule has 0 aliphatic carbocycles. The van der Waals surface area contributed by atoms with Gasteiger partial charge < -0.3 is 9.30 Å². The van der Waals surface area contributed by atoms with Crippen molar-refractivity contribution < 1.29 is 4.74 Å². The van der Waals surface area contributed by atoms with E-state index >= 15 is 0 Å². The summed E-state index contributed by atoms with van der Waals surface area (Å²) in [5.41, 5.74) is 2.44. The van der Waals surface area contributed by atoms with Gasteiger partial charge in [0.1, 0.15) is 0 Å². The SMILES string of the molecule is CC(C)OCc1cc2c(Br)cccc2n1C. The van der Waals surface area contributed by atoms with Gasteiger partial charge in [0.05, 0.1) is 12.7 Å². The number of fused-ring (bicyclic) bond motifs is 1. The smallest absolute Gasteiger partial charge is 0.0871 e. The minimum atomic E-state index is 0.265. The van der Waals surface area contributed by atoms with Crippen molar-refractivity contribution in [2.24, 2.45) is 7.05 Å². The fourth-order valence-corrected chi connectivity index (χ4v) is 2.24. The molecule has 2 rings (SSSR count). The first-order valence-corrected chi connectivity index (χ1v) is 6.23. The minimum absolute atomic E-state index is 0.265. The molecule has 0 spiro atoms. The number of aryl methyl sites for hydroxylation is 1. The Labute approximate surface area is 104 Å². The number of hydrogen-bond donors (Lipinski definition) is 0. The molecule has 0 saturated heterocycles. The summed E-state index contributed by atoms with van der Waals surface area (Å²) < 4.78 is 8.96. The first kappa shape index (κ1) is 11.7. The van der Waals surface area contributed by atoms with E-state index in [2.05, 4.69) is 65.7 Å². The zero-order valence-corrected chi connectivity index (χ0v) is 11.4. The molecule has 3 heteroatoms. The van der Waals surface area contributed by atoms with Crippen LogP contribution in [-0.2, 0) is 18.4 Å².